The van der Waals surface area contributed by atoms with Gasteiger partial charge in [0.05, 0.1) is 6.10 Å². The molecule has 2 heterocycles. The molecule has 234 valence electrons. The summed E-state index contributed by atoms with van der Waals surface area (Å²) in [6.45, 7) is 4.36. The molecule has 13 heteroatoms. The third kappa shape index (κ3) is 6.59. The SMILES string of the molecule is CC(C)(C)OC(=O)N1CC2(CCC2)[C@H](O)C[C@H]1C(=O)N1CCC(C(=O)NCC2CCC(F)(F)CC2)(C(F)(F)F)CC1. The number of hydrogen-bond acceptors (Lipinski definition) is 5. The van der Waals surface area contributed by atoms with Gasteiger partial charge < -0.3 is 20.1 Å². The largest absolute Gasteiger partial charge is 0.444 e. The van der Waals surface area contributed by atoms with E-state index in [9.17, 15) is 41.4 Å². The maximum Gasteiger partial charge on any atom is 0.410 e. The predicted molar refractivity (Wildman–Crippen MR) is 138 cm³/mol. The van der Waals surface area contributed by atoms with Gasteiger partial charge in [0.2, 0.25) is 17.7 Å². The molecular weight excluding hydrogens is 553 g/mol. The molecule has 4 rings (SSSR count). The van der Waals surface area contributed by atoms with E-state index in [1.807, 2.05) is 0 Å². The van der Waals surface area contributed by atoms with Crippen LogP contribution in [0.5, 0.6) is 0 Å². The highest BCUT2D eigenvalue weighted by Gasteiger charge is 2.62. The molecule has 2 N–H and O–H groups in total. The first kappa shape index (κ1) is 31.7. The summed E-state index contributed by atoms with van der Waals surface area (Å²) >= 11 is 0. The summed E-state index contributed by atoms with van der Waals surface area (Å²) in [6, 6.07) is -1.09. The van der Waals surface area contributed by atoms with Crippen LogP contribution in [0.4, 0.5) is 26.7 Å². The van der Waals surface area contributed by atoms with Gasteiger partial charge in [-0.3, -0.25) is 14.5 Å². The first-order chi connectivity index (χ1) is 18.9. The topological polar surface area (TPSA) is 99.2 Å². The molecule has 2 aliphatic carbocycles. The van der Waals surface area contributed by atoms with Gasteiger partial charge >= 0.3 is 12.3 Å². The summed E-state index contributed by atoms with van der Waals surface area (Å²) in [5, 5.41) is 13.3. The Labute approximate surface area is 237 Å². The van der Waals surface area contributed by atoms with Gasteiger partial charge in [0.1, 0.15) is 17.1 Å². The second-order valence-corrected chi connectivity index (χ2v) is 13.5. The highest BCUT2D eigenvalue weighted by Crippen LogP contribution is 2.50. The van der Waals surface area contributed by atoms with Crippen molar-refractivity contribution in [1.82, 2.24) is 15.1 Å². The van der Waals surface area contributed by atoms with Crippen molar-refractivity contribution in [2.45, 2.75) is 115 Å². The van der Waals surface area contributed by atoms with Crippen molar-refractivity contribution in [2.24, 2.45) is 16.7 Å². The molecule has 2 saturated carbocycles. The van der Waals surface area contributed by atoms with Crippen molar-refractivity contribution in [3.05, 3.63) is 0 Å². The first-order valence-electron chi connectivity index (χ1n) is 14.6. The summed E-state index contributed by atoms with van der Waals surface area (Å²) in [6.07, 6.45) is -5.98. The number of nitrogens with zero attached hydrogens (tertiary/aromatic N) is 2. The number of rotatable bonds is 4. The minimum Gasteiger partial charge on any atom is -0.444 e. The van der Waals surface area contributed by atoms with E-state index in [0.717, 1.165) is 6.42 Å². The van der Waals surface area contributed by atoms with Gasteiger partial charge in [0, 0.05) is 50.9 Å². The fourth-order valence-electron chi connectivity index (χ4n) is 6.68. The Morgan fingerprint density at radius 1 is 0.976 bits per heavy atom. The Bertz CT molecular complexity index is 992. The van der Waals surface area contributed by atoms with Gasteiger partial charge in [-0.05, 0) is 65.2 Å². The smallest absolute Gasteiger partial charge is 0.410 e. The number of amides is 3. The molecule has 2 saturated heterocycles. The van der Waals surface area contributed by atoms with Crippen molar-refractivity contribution in [2.75, 3.05) is 26.2 Å². The lowest BCUT2D eigenvalue weighted by atomic mass is 9.61. The third-order valence-electron chi connectivity index (χ3n) is 9.57. The third-order valence-corrected chi connectivity index (χ3v) is 9.57. The standard InChI is InChI=1S/C28H42F5N3O5/c1-24(2,3)41-23(40)36-17-25(7-4-8-25)20(37)15-19(36)21(38)35-13-11-26(12-14-35,28(31,32)33)22(39)34-16-18-5-9-27(29,30)10-6-18/h18-20,37H,4-17H2,1-3H3,(H,34,39)/t19-,20+/m0/s1. The molecule has 0 aromatic rings. The minimum absolute atomic E-state index is 0.0418. The molecule has 2 aliphatic heterocycles. The molecule has 1 spiro atoms. The van der Waals surface area contributed by atoms with Crippen LogP contribution in [-0.4, -0.2) is 88.8 Å². The second-order valence-electron chi connectivity index (χ2n) is 13.5. The van der Waals surface area contributed by atoms with Crippen molar-refractivity contribution in [3.8, 4) is 0 Å². The van der Waals surface area contributed by atoms with Crippen LogP contribution in [0, 0.1) is 16.7 Å². The number of piperidine rings is 2. The zero-order valence-electron chi connectivity index (χ0n) is 24.0. The Kier molecular flexibility index (Phi) is 8.63. The molecule has 4 aliphatic rings. The van der Waals surface area contributed by atoms with Crippen LogP contribution in [0.25, 0.3) is 0 Å². The van der Waals surface area contributed by atoms with Crippen LogP contribution in [0.1, 0.15) is 85.0 Å². The number of ether oxygens (including phenoxy) is 1. The Morgan fingerprint density at radius 2 is 1.56 bits per heavy atom. The molecule has 0 aromatic heterocycles. The van der Waals surface area contributed by atoms with Crippen LogP contribution in [-0.2, 0) is 14.3 Å². The average Bonchev–Trinajstić information content (AvgIpc) is 2.84. The zero-order chi connectivity index (χ0) is 30.4. The summed E-state index contributed by atoms with van der Waals surface area (Å²) in [5.74, 6) is -4.88. The quantitative estimate of drug-likeness (QED) is 0.462. The number of aliphatic hydroxyl groups excluding tert-OH is 1. The van der Waals surface area contributed by atoms with Crippen molar-refractivity contribution in [3.63, 3.8) is 0 Å². The molecule has 0 aromatic carbocycles. The van der Waals surface area contributed by atoms with Crippen LogP contribution in [0.2, 0.25) is 0 Å². The first-order valence-corrected chi connectivity index (χ1v) is 14.6. The van der Waals surface area contributed by atoms with Crippen molar-refractivity contribution >= 4 is 17.9 Å². The van der Waals surface area contributed by atoms with Gasteiger partial charge in [0.25, 0.3) is 0 Å². The summed E-state index contributed by atoms with van der Waals surface area (Å²) < 4.78 is 75.4. The molecule has 0 radical (unpaired) electrons. The van der Waals surface area contributed by atoms with Crippen LogP contribution >= 0.6 is 0 Å². The number of hydrogen-bond donors (Lipinski definition) is 2. The number of alkyl halides is 5. The summed E-state index contributed by atoms with van der Waals surface area (Å²) in [7, 11) is 0. The minimum atomic E-state index is -4.88. The number of nitrogens with one attached hydrogen (secondary N) is 1. The second kappa shape index (κ2) is 11.1. The van der Waals surface area contributed by atoms with Gasteiger partial charge in [-0.1, -0.05) is 6.42 Å². The number of carbonyl (C=O) groups is 3. The predicted octanol–water partition coefficient (Wildman–Crippen LogP) is 4.64. The zero-order valence-corrected chi connectivity index (χ0v) is 24.0. The molecule has 0 bridgehead atoms. The van der Waals surface area contributed by atoms with E-state index in [1.165, 1.54) is 9.80 Å². The molecule has 41 heavy (non-hydrogen) atoms. The lowest BCUT2D eigenvalue weighted by Gasteiger charge is -2.54. The Morgan fingerprint density at radius 3 is 2.05 bits per heavy atom. The van der Waals surface area contributed by atoms with Crippen LogP contribution in [0.15, 0.2) is 0 Å². The van der Waals surface area contributed by atoms with E-state index in [-0.39, 0.29) is 64.2 Å². The van der Waals surface area contributed by atoms with Gasteiger partial charge in [-0.25, -0.2) is 13.6 Å². The normalized spacial score (nSPS) is 28.1. The van der Waals surface area contributed by atoms with Crippen LogP contribution < -0.4 is 5.32 Å². The Hall–Kier alpha value is -2.18. The van der Waals surface area contributed by atoms with Crippen molar-refractivity contribution in [1.29, 1.82) is 0 Å². The molecular formula is C28H42F5N3O5. The molecule has 8 nitrogen and oxygen atoms in total. The maximum atomic E-state index is 14.3. The number of halogens is 5. The number of carbonyl (C=O) groups excluding carboxylic acids is 3. The maximum absolute atomic E-state index is 14.3. The van der Waals surface area contributed by atoms with E-state index >= 15 is 0 Å². The van der Waals surface area contributed by atoms with Gasteiger partial charge in [-0.2, -0.15) is 13.2 Å². The van der Waals surface area contributed by atoms with E-state index in [1.54, 1.807) is 20.8 Å². The van der Waals surface area contributed by atoms with E-state index < -0.39 is 71.4 Å². The summed E-state index contributed by atoms with van der Waals surface area (Å²) in [5.41, 5.74) is -4.07. The molecule has 0 unspecified atom stereocenters. The Balaban J connectivity index is 1.43. The fraction of sp³-hybridized carbons (Fsp3) is 0.893. The van der Waals surface area contributed by atoms with Gasteiger partial charge in [-0.15, -0.1) is 0 Å². The lowest BCUT2D eigenvalue weighted by molar-refractivity contribution is -0.233. The monoisotopic (exact) mass is 595 g/mol. The van der Waals surface area contributed by atoms with Gasteiger partial charge in [0.15, 0.2) is 0 Å². The van der Waals surface area contributed by atoms with Crippen molar-refractivity contribution < 1.29 is 46.2 Å². The van der Waals surface area contributed by atoms with E-state index in [4.69, 9.17) is 4.74 Å². The number of likely N-dealkylation sites (tertiary alicyclic amines) is 2. The summed E-state index contributed by atoms with van der Waals surface area (Å²) in [4.78, 5) is 42.2. The highest BCUT2D eigenvalue weighted by molar-refractivity contribution is 5.87. The fourth-order valence-corrected chi connectivity index (χ4v) is 6.68. The lowest BCUT2D eigenvalue weighted by Crippen LogP contribution is -2.65. The average molecular weight is 596 g/mol. The highest BCUT2D eigenvalue weighted by atomic mass is 19.4. The van der Waals surface area contributed by atoms with E-state index in [0.29, 0.717) is 12.8 Å². The molecule has 3 amide bonds. The van der Waals surface area contributed by atoms with Crippen LogP contribution in [0.3, 0.4) is 0 Å². The molecule has 2 atom stereocenters. The molecule has 4 fully saturated rings. The van der Waals surface area contributed by atoms with E-state index in [2.05, 4.69) is 5.32 Å². The number of aliphatic hydroxyl groups is 1.